The average Bonchev–Trinajstić information content (AvgIpc) is 3.82. The molecule has 0 unspecified atom stereocenters. The summed E-state index contributed by atoms with van der Waals surface area (Å²) in [5, 5.41) is 6.87. The van der Waals surface area contributed by atoms with Crippen LogP contribution in [-0.2, 0) is 6.42 Å². The number of hydrogen-bond acceptors (Lipinski definition) is 3. The lowest BCUT2D eigenvalue weighted by Crippen LogP contribution is -2.03. The summed E-state index contributed by atoms with van der Waals surface area (Å²) in [7, 11) is 0. The van der Waals surface area contributed by atoms with Gasteiger partial charge in [0.2, 0.25) is 5.95 Å². The predicted octanol–water partition coefficient (Wildman–Crippen LogP) is 11.2. The van der Waals surface area contributed by atoms with Crippen LogP contribution in [0, 0.1) is 0 Å². The molecule has 0 radical (unpaired) electrons. The van der Waals surface area contributed by atoms with Gasteiger partial charge in [-0.25, -0.2) is 9.97 Å². The molecule has 0 amide bonds. The first kappa shape index (κ1) is 26.6. The maximum absolute atomic E-state index is 6.75. The Hall–Kier alpha value is -6.46. The highest BCUT2D eigenvalue weighted by Crippen LogP contribution is 2.42. The quantitative estimate of drug-likeness (QED) is 0.196. The van der Waals surface area contributed by atoms with Crippen molar-refractivity contribution < 1.29 is 4.42 Å². The van der Waals surface area contributed by atoms with Gasteiger partial charge in [0, 0.05) is 43.7 Å². The van der Waals surface area contributed by atoms with Crippen molar-refractivity contribution in [1.82, 2.24) is 19.1 Å². The third kappa shape index (κ3) is 3.75. The van der Waals surface area contributed by atoms with Gasteiger partial charge in [0.1, 0.15) is 11.3 Å². The van der Waals surface area contributed by atoms with Crippen molar-refractivity contribution in [3.8, 4) is 22.9 Å². The van der Waals surface area contributed by atoms with Crippen LogP contribution in [0.2, 0.25) is 0 Å². The van der Waals surface area contributed by atoms with Gasteiger partial charge in [-0.3, -0.25) is 4.57 Å². The fraction of sp³-hybridized carbons (Fsp3) is 0.0455. The summed E-state index contributed by atoms with van der Waals surface area (Å²) < 4.78 is 11.3. The summed E-state index contributed by atoms with van der Waals surface area (Å²) in [6, 6.07) is 47.2. The second-order valence-electron chi connectivity index (χ2n) is 12.9. The van der Waals surface area contributed by atoms with E-state index < -0.39 is 0 Å². The molecule has 49 heavy (non-hydrogen) atoms. The number of aromatic nitrogens is 4. The van der Waals surface area contributed by atoms with Crippen molar-refractivity contribution in [2.45, 2.75) is 12.8 Å². The third-order valence-corrected chi connectivity index (χ3v) is 10.2. The summed E-state index contributed by atoms with van der Waals surface area (Å²) >= 11 is 0. The molecule has 6 aromatic carbocycles. The maximum atomic E-state index is 6.75. The molecule has 0 saturated heterocycles. The minimum Gasteiger partial charge on any atom is -0.456 e. The van der Waals surface area contributed by atoms with Gasteiger partial charge in [-0.05, 0) is 67.4 Å². The van der Waals surface area contributed by atoms with Crippen LogP contribution < -0.4 is 0 Å². The highest BCUT2D eigenvalue weighted by Gasteiger charge is 2.24. The van der Waals surface area contributed by atoms with Gasteiger partial charge in [0.25, 0.3) is 0 Å². The molecule has 0 N–H and O–H groups in total. The van der Waals surface area contributed by atoms with E-state index in [1.54, 1.807) is 0 Å². The lowest BCUT2D eigenvalue weighted by atomic mass is 10.00. The smallest absolute Gasteiger partial charge is 0.235 e. The van der Waals surface area contributed by atoms with E-state index in [-0.39, 0.29) is 0 Å². The van der Waals surface area contributed by atoms with Crippen LogP contribution in [0.4, 0.5) is 0 Å². The lowest BCUT2D eigenvalue weighted by Gasteiger charge is -2.12. The first-order valence-corrected chi connectivity index (χ1v) is 16.8. The van der Waals surface area contributed by atoms with Crippen LogP contribution in [0.3, 0.4) is 0 Å². The molecule has 5 nitrogen and oxygen atoms in total. The molecule has 10 aromatic rings. The van der Waals surface area contributed by atoms with Crippen molar-refractivity contribution in [3.63, 3.8) is 0 Å². The zero-order valence-electron chi connectivity index (χ0n) is 26.5. The van der Waals surface area contributed by atoms with Gasteiger partial charge in [0.05, 0.1) is 38.7 Å². The fourth-order valence-electron chi connectivity index (χ4n) is 8.06. The van der Waals surface area contributed by atoms with E-state index in [2.05, 4.69) is 143 Å². The highest BCUT2D eigenvalue weighted by atomic mass is 16.3. The fourth-order valence-corrected chi connectivity index (χ4v) is 8.06. The molecule has 1 aliphatic rings. The van der Waals surface area contributed by atoms with Crippen molar-refractivity contribution >= 4 is 71.6 Å². The Bertz CT molecular complexity index is 2940. The molecule has 230 valence electrons. The Kier molecular flexibility index (Phi) is 5.44. The summed E-state index contributed by atoms with van der Waals surface area (Å²) in [6.07, 6.45) is 6.34. The molecule has 5 heteroatoms. The minimum atomic E-state index is 0.637. The number of benzene rings is 6. The van der Waals surface area contributed by atoms with Crippen LogP contribution in [-0.4, -0.2) is 19.1 Å². The van der Waals surface area contributed by atoms with Gasteiger partial charge in [-0.1, -0.05) is 91.0 Å². The Morgan fingerprint density at radius 2 is 1.24 bits per heavy atom. The van der Waals surface area contributed by atoms with Crippen LogP contribution in [0.25, 0.3) is 94.5 Å². The van der Waals surface area contributed by atoms with Crippen LogP contribution in [0.15, 0.2) is 144 Å². The minimum absolute atomic E-state index is 0.637. The van der Waals surface area contributed by atoms with Crippen LogP contribution >= 0.6 is 0 Å². The van der Waals surface area contributed by atoms with Crippen LogP contribution in [0.5, 0.6) is 0 Å². The summed E-state index contributed by atoms with van der Waals surface area (Å²) in [5.74, 6) is 1.60. The monoisotopic (exact) mass is 628 g/mol. The number of para-hydroxylation sites is 3. The van der Waals surface area contributed by atoms with Gasteiger partial charge in [-0.2, -0.15) is 0 Å². The molecule has 4 aromatic heterocycles. The van der Waals surface area contributed by atoms with E-state index in [0.717, 1.165) is 73.8 Å². The summed E-state index contributed by atoms with van der Waals surface area (Å²) in [5.41, 5.74) is 10.6. The molecule has 4 heterocycles. The Morgan fingerprint density at radius 1 is 0.551 bits per heavy atom. The molecule has 0 spiro atoms. The second-order valence-corrected chi connectivity index (χ2v) is 12.9. The summed E-state index contributed by atoms with van der Waals surface area (Å²) in [6.45, 7) is 0. The standard InChI is InChI=1S/C44H28N4O/c1-2-12-27(13-3-1)42-33-17-4-8-18-35(33)45-44(46-42)48-38-24-22-28(47-36-19-9-5-14-29(36)30-15-6-10-20-37(30)47)26-34(38)41-39(48)25-23-32-31-16-7-11-21-40(31)49-43(32)41/h1-6,8-15,17-26H,7,16H2. The van der Waals surface area contributed by atoms with Crippen molar-refractivity contribution in [2.24, 2.45) is 0 Å². The normalized spacial score (nSPS) is 13.1. The average molecular weight is 629 g/mol. The SMILES string of the molecule is C1=Cc2oc3c(ccc4c3c3cc(-n5c6ccccc6c6ccccc65)ccc3n4-c3nc(-c4ccccc4)c4ccccc4n3)c2CC1. The molecule has 1 aliphatic carbocycles. The zero-order chi connectivity index (χ0) is 32.1. The van der Waals surface area contributed by atoms with Crippen LogP contribution in [0.1, 0.15) is 17.7 Å². The zero-order valence-corrected chi connectivity index (χ0v) is 26.5. The third-order valence-electron chi connectivity index (χ3n) is 10.2. The largest absolute Gasteiger partial charge is 0.456 e. The second kappa shape index (κ2) is 10.0. The number of nitrogens with zero attached hydrogens (tertiary/aromatic N) is 4. The maximum Gasteiger partial charge on any atom is 0.235 e. The van der Waals surface area contributed by atoms with E-state index in [0.29, 0.717) is 5.95 Å². The number of rotatable bonds is 3. The number of aryl methyl sites for hydroxylation is 1. The number of allylic oxidation sites excluding steroid dienone is 1. The molecule has 0 bridgehead atoms. The van der Waals surface area contributed by atoms with Gasteiger partial charge < -0.3 is 8.98 Å². The predicted molar refractivity (Wildman–Crippen MR) is 201 cm³/mol. The van der Waals surface area contributed by atoms with E-state index in [4.69, 9.17) is 14.4 Å². The molecule has 11 rings (SSSR count). The van der Waals surface area contributed by atoms with Gasteiger partial charge >= 0.3 is 0 Å². The first-order chi connectivity index (χ1) is 24.3. The molecular weight excluding hydrogens is 601 g/mol. The molecule has 0 fully saturated rings. The molecular formula is C44H28N4O. The van der Waals surface area contributed by atoms with Gasteiger partial charge in [0.15, 0.2) is 0 Å². The Labute approximate surface area is 281 Å². The van der Waals surface area contributed by atoms with E-state index in [9.17, 15) is 0 Å². The Morgan fingerprint density at radius 3 is 2.06 bits per heavy atom. The van der Waals surface area contributed by atoms with Gasteiger partial charge in [-0.15, -0.1) is 0 Å². The first-order valence-electron chi connectivity index (χ1n) is 16.8. The van der Waals surface area contributed by atoms with E-state index >= 15 is 0 Å². The summed E-state index contributed by atoms with van der Waals surface area (Å²) in [4.78, 5) is 10.5. The number of furan rings is 1. The molecule has 0 saturated carbocycles. The van der Waals surface area contributed by atoms with E-state index in [1.807, 2.05) is 12.1 Å². The lowest BCUT2D eigenvalue weighted by molar-refractivity contribution is 0.598. The van der Waals surface area contributed by atoms with Crippen molar-refractivity contribution in [3.05, 3.63) is 151 Å². The topological polar surface area (TPSA) is 48.8 Å². The van der Waals surface area contributed by atoms with E-state index in [1.165, 1.54) is 32.8 Å². The molecule has 0 atom stereocenters. The Balaban J connectivity index is 1.27. The van der Waals surface area contributed by atoms with Crippen molar-refractivity contribution in [1.29, 1.82) is 0 Å². The number of hydrogen-bond donors (Lipinski definition) is 0. The molecule has 0 aliphatic heterocycles. The highest BCUT2D eigenvalue weighted by molar-refractivity contribution is 6.21. The number of fused-ring (bicyclic) bond motifs is 11. The van der Waals surface area contributed by atoms with Crippen molar-refractivity contribution in [2.75, 3.05) is 0 Å².